The molecule has 2 rings (SSSR count). The number of hydrogen-bond acceptors (Lipinski definition) is 0. The molecule has 3 heteroatoms. The maximum atomic E-state index is 4.16. The Morgan fingerprint density at radius 2 is 1.64 bits per heavy atom. The standard InChI is InChI=1S/C11H9Br3/c1-6(7-2-3-7)11-9(13)4-8(12)5-10(11)14/h4-5,7H,1-3H2. The summed E-state index contributed by atoms with van der Waals surface area (Å²) in [5.74, 6) is 0.698. The number of halogens is 3. The van der Waals surface area contributed by atoms with E-state index in [0.717, 1.165) is 13.4 Å². The van der Waals surface area contributed by atoms with Crippen LogP contribution >= 0.6 is 47.8 Å². The summed E-state index contributed by atoms with van der Waals surface area (Å²) in [4.78, 5) is 0. The molecule has 0 N–H and O–H groups in total. The van der Waals surface area contributed by atoms with Crippen LogP contribution in [0.1, 0.15) is 18.4 Å². The predicted octanol–water partition coefficient (Wildman–Crippen LogP) is 5.40. The summed E-state index contributed by atoms with van der Waals surface area (Å²) in [6.45, 7) is 4.16. The highest BCUT2D eigenvalue weighted by Crippen LogP contribution is 2.45. The highest BCUT2D eigenvalue weighted by molar-refractivity contribution is 9.11. The third-order valence-electron chi connectivity index (χ3n) is 2.40. The molecule has 0 aliphatic heterocycles. The van der Waals surface area contributed by atoms with Crippen LogP contribution in [-0.4, -0.2) is 0 Å². The minimum atomic E-state index is 0.698. The minimum Gasteiger partial charge on any atom is -0.0949 e. The van der Waals surface area contributed by atoms with Crippen molar-refractivity contribution < 1.29 is 0 Å². The second-order valence-electron chi connectivity index (χ2n) is 3.54. The Balaban J connectivity index is 2.45. The van der Waals surface area contributed by atoms with E-state index in [-0.39, 0.29) is 0 Å². The molecule has 0 atom stereocenters. The molecule has 0 saturated heterocycles. The monoisotopic (exact) mass is 378 g/mol. The largest absolute Gasteiger partial charge is 0.0949 e. The average Bonchev–Trinajstić information content (AvgIpc) is 2.83. The van der Waals surface area contributed by atoms with Crippen LogP contribution in [0.2, 0.25) is 0 Å². The van der Waals surface area contributed by atoms with Crippen LogP contribution in [0.25, 0.3) is 5.57 Å². The van der Waals surface area contributed by atoms with Gasteiger partial charge in [-0.25, -0.2) is 0 Å². The number of allylic oxidation sites excluding steroid dienone is 1. The first-order chi connectivity index (χ1) is 6.59. The van der Waals surface area contributed by atoms with E-state index in [1.807, 2.05) is 0 Å². The van der Waals surface area contributed by atoms with Gasteiger partial charge in [-0.15, -0.1) is 0 Å². The molecular formula is C11H9Br3. The topological polar surface area (TPSA) is 0 Å². The summed E-state index contributed by atoms with van der Waals surface area (Å²) in [7, 11) is 0. The SMILES string of the molecule is C=C(c1c(Br)cc(Br)cc1Br)C1CC1. The molecule has 0 heterocycles. The molecule has 1 aliphatic carbocycles. The molecule has 14 heavy (non-hydrogen) atoms. The van der Waals surface area contributed by atoms with Gasteiger partial charge in [0.2, 0.25) is 0 Å². The second kappa shape index (κ2) is 4.11. The molecule has 0 spiro atoms. The van der Waals surface area contributed by atoms with Crippen LogP contribution < -0.4 is 0 Å². The number of rotatable bonds is 2. The van der Waals surface area contributed by atoms with Crippen molar-refractivity contribution in [2.24, 2.45) is 5.92 Å². The van der Waals surface area contributed by atoms with Gasteiger partial charge < -0.3 is 0 Å². The normalized spacial score (nSPS) is 15.6. The Hall–Kier alpha value is 0.400. The number of benzene rings is 1. The van der Waals surface area contributed by atoms with Gasteiger partial charge >= 0.3 is 0 Å². The number of hydrogen-bond donors (Lipinski definition) is 0. The first-order valence-electron chi connectivity index (χ1n) is 4.43. The van der Waals surface area contributed by atoms with E-state index in [9.17, 15) is 0 Å². The van der Waals surface area contributed by atoms with Crippen LogP contribution in [0.4, 0.5) is 0 Å². The van der Waals surface area contributed by atoms with Crippen molar-refractivity contribution in [3.8, 4) is 0 Å². The van der Waals surface area contributed by atoms with Gasteiger partial charge in [-0.2, -0.15) is 0 Å². The van der Waals surface area contributed by atoms with Gasteiger partial charge in [0.05, 0.1) is 0 Å². The van der Waals surface area contributed by atoms with Crippen molar-refractivity contribution in [1.82, 2.24) is 0 Å². The first kappa shape index (κ1) is 10.9. The Morgan fingerprint density at radius 3 is 2.07 bits per heavy atom. The molecule has 1 aromatic rings. The van der Waals surface area contributed by atoms with Crippen molar-refractivity contribution in [2.45, 2.75) is 12.8 Å². The van der Waals surface area contributed by atoms with E-state index < -0.39 is 0 Å². The summed E-state index contributed by atoms with van der Waals surface area (Å²) in [6.07, 6.45) is 2.57. The molecule has 0 nitrogen and oxygen atoms in total. The van der Waals surface area contributed by atoms with Crippen molar-refractivity contribution in [2.75, 3.05) is 0 Å². The van der Waals surface area contributed by atoms with Crippen molar-refractivity contribution in [3.63, 3.8) is 0 Å². The van der Waals surface area contributed by atoms with E-state index in [4.69, 9.17) is 0 Å². The van der Waals surface area contributed by atoms with Gasteiger partial charge in [-0.1, -0.05) is 54.4 Å². The third-order valence-corrected chi connectivity index (χ3v) is 4.11. The fraction of sp³-hybridized carbons (Fsp3) is 0.273. The first-order valence-corrected chi connectivity index (χ1v) is 6.81. The molecule has 1 aromatic carbocycles. The summed E-state index contributed by atoms with van der Waals surface area (Å²) in [5.41, 5.74) is 2.46. The zero-order valence-electron chi connectivity index (χ0n) is 7.49. The Kier molecular flexibility index (Phi) is 3.20. The lowest BCUT2D eigenvalue weighted by molar-refractivity contribution is 1.14. The lowest BCUT2D eigenvalue weighted by Crippen LogP contribution is -1.89. The highest BCUT2D eigenvalue weighted by atomic mass is 79.9. The quantitative estimate of drug-likeness (QED) is 0.644. The molecule has 1 aliphatic rings. The molecule has 74 valence electrons. The molecule has 0 aromatic heterocycles. The van der Waals surface area contributed by atoms with E-state index in [1.165, 1.54) is 24.0 Å². The van der Waals surface area contributed by atoms with E-state index in [0.29, 0.717) is 5.92 Å². The van der Waals surface area contributed by atoms with Crippen molar-refractivity contribution >= 4 is 53.4 Å². The van der Waals surface area contributed by atoms with Gasteiger partial charge in [-0.3, -0.25) is 0 Å². The van der Waals surface area contributed by atoms with Gasteiger partial charge in [0.25, 0.3) is 0 Å². The molecule has 1 saturated carbocycles. The lowest BCUT2D eigenvalue weighted by atomic mass is 10.0. The average molecular weight is 381 g/mol. The molecule has 0 amide bonds. The smallest absolute Gasteiger partial charge is 0.0272 e. The van der Waals surface area contributed by atoms with Gasteiger partial charge in [-0.05, 0) is 36.5 Å². The molecule has 0 radical (unpaired) electrons. The van der Waals surface area contributed by atoms with Crippen LogP contribution in [0.5, 0.6) is 0 Å². The fourth-order valence-electron chi connectivity index (χ4n) is 1.48. The lowest BCUT2D eigenvalue weighted by Gasteiger charge is -2.10. The summed E-state index contributed by atoms with van der Waals surface area (Å²) < 4.78 is 3.29. The third kappa shape index (κ3) is 2.15. The molecule has 0 bridgehead atoms. The van der Waals surface area contributed by atoms with Crippen molar-refractivity contribution in [3.05, 3.63) is 37.7 Å². The highest BCUT2D eigenvalue weighted by Gasteiger charge is 2.27. The predicted molar refractivity (Wildman–Crippen MR) is 71.3 cm³/mol. The fourth-order valence-corrected chi connectivity index (χ4v) is 4.25. The second-order valence-corrected chi connectivity index (χ2v) is 6.17. The Bertz CT molecular complexity index is 369. The van der Waals surface area contributed by atoms with Crippen molar-refractivity contribution in [1.29, 1.82) is 0 Å². The summed E-state index contributed by atoms with van der Waals surface area (Å²) >= 11 is 10.6. The van der Waals surface area contributed by atoms with Gasteiger partial charge in [0.15, 0.2) is 0 Å². The van der Waals surface area contributed by atoms with E-state index in [1.54, 1.807) is 0 Å². The maximum absolute atomic E-state index is 4.16. The molecule has 1 fully saturated rings. The zero-order valence-corrected chi connectivity index (χ0v) is 12.2. The summed E-state index contributed by atoms with van der Waals surface area (Å²) in [5, 5.41) is 0. The van der Waals surface area contributed by atoms with Crippen LogP contribution in [0, 0.1) is 5.92 Å². The summed E-state index contributed by atoms with van der Waals surface area (Å²) in [6, 6.07) is 4.13. The van der Waals surface area contributed by atoms with Crippen LogP contribution in [0.3, 0.4) is 0 Å². The van der Waals surface area contributed by atoms with Gasteiger partial charge in [0.1, 0.15) is 0 Å². The zero-order chi connectivity index (χ0) is 10.3. The van der Waals surface area contributed by atoms with Crippen LogP contribution in [0.15, 0.2) is 32.1 Å². The molecular weight excluding hydrogens is 372 g/mol. The van der Waals surface area contributed by atoms with E-state index >= 15 is 0 Å². The molecule has 0 unspecified atom stereocenters. The van der Waals surface area contributed by atoms with Gasteiger partial charge in [0, 0.05) is 19.0 Å². The Labute approximate surface area is 109 Å². The maximum Gasteiger partial charge on any atom is 0.0272 e. The van der Waals surface area contributed by atoms with E-state index in [2.05, 4.69) is 66.5 Å². The van der Waals surface area contributed by atoms with Crippen LogP contribution in [-0.2, 0) is 0 Å². The Morgan fingerprint density at radius 1 is 1.14 bits per heavy atom. The minimum absolute atomic E-state index is 0.698.